The van der Waals surface area contributed by atoms with Crippen molar-refractivity contribution in [1.29, 1.82) is 5.41 Å². The number of aryl methyl sites for hydroxylation is 1. The highest BCUT2D eigenvalue weighted by molar-refractivity contribution is 6.10. The van der Waals surface area contributed by atoms with Crippen LogP contribution in [0.15, 0.2) is 48.1 Å². The molecule has 0 aliphatic carbocycles. The fourth-order valence-electron chi connectivity index (χ4n) is 4.94. The molecule has 33 heavy (non-hydrogen) atoms. The summed E-state index contributed by atoms with van der Waals surface area (Å²) < 4.78 is 22.1. The van der Waals surface area contributed by atoms with Crippen molar-refractivity contribution >= 4 is 11.5 Å². The highest BCUT2D eigenvalue weighted by Gasteiger charge is 2.31. The Morgan fingerprint density at radius 1 is 1.30 bits per heavy atom. The first-order valence-corrected chi connectivity index (χ1v) is 11.6. The molecular weight excluding hydrogens is 419 g/mol. The molecule has 0 saturated carbocycles. The number of nitrogens with zero attached hydrogens (tertiary/aromatic N) is 4. The van der Waals surface area contributed by atoms with Gasteiger partial charge in [0.2, 0.25) is 0 Å². The Hall–Kier alpha value is -3.13. The van der Waals surface area contributed by atoms with Gasteiger partial charge in [0.25, 0.3) is 0 Å². The standard InChI is InChI=1S/C25H31FN6O/c1-16(2)31-7-5-23(29-19-6-9-33-15-19)21(14-31)25(27)32-8-4-17-10-22(26)20(11-24(17)32)18-12-28-30(3)13-18/h10-13,19,27,29H,1,4-9,14-15H2,2-3H3. The number of aromatic nitrogens is 2. The molecule has 1 atom stereocenters. The van der Waals surface area contributed by atoms with Crippen LogP contribution in [0.5, 0.6) is 0 Å². The van der Waals surface area contributed by atoms with Gasteiger partial charge in [-0.05, 0) is 37.5 Å². The lowest BCUT2D eigenvalue weighted by molar-refractivity contribution is 0.191. The predicted octanol–water partition coefficient (Wildman–Crippen LogP) is 3.44. The summed E-state index contributed by atoms with van der Waals surface area (Å²) in [5.41, 5.74) is 6.22. The minimum atomic E-state index is -0.246. The molecule has 1 unspecified atom stereocenters. The minimum Gasteiger partial charge on any atom is -0.383 e. The molecule has 2 N–H and O–H groups in total. The molecule has 0 radical (unpaired) electrons. The fraction of sp³-hybridized carbons (Fsp3) is 0.440. The number of anilines is 1. The number of ether oxygens (including phenoxy) is 1. The van der Waals surface area contributed by atoms with Crippen LogP contribution in [0.4, 0.5) is 10.1 Å². The fourth-order valence-corrected chi connectivity index (χ4v) is 4.94. The molecule has 0 amide bonds. The molecule has 1 aromatic heterocycles. The van der Waals surface area contributed by atoms with Crippen LogP contribution in [0.1, 0.15) is 25.3 Å². The normalized spacial score (nSPS) is 20.4. The number of halogens is 1. The lowest BCUT2D eigenvalue weighted by Gasteiger charge is -2.36. The Bertz CT molecular complexity index is 1130. The third-order valence-corrected chi connectivity index (χ3v) is 6.83. The van der Waals surface area contributed by atoms with E-state index in [0.717, 1.165) is 66.2 Å². The van der Waals surface area contributed by atoms with Gasteiger partial charge >= 0.3 is 0 Å². The third kappa shape index (κ3) is 4.15. The number of hydrogen-bond acceptors (Lipinski definition) is 5. The van der Waals surface area contributed by atoms with Crippen molar-refractivity contribution in [3.8, 4) is 11.1 Å². The minimum absolute atomic E-state index is 0.246. The Morgan fingerprint density at radius 2 is 2.15 bits per heavy atom. The number of rotatable bonds is 5. The molecule has 1 fully saturated rings. The van der Waals surface area contributed by atoms with Crippen molar-refractivity contribution in [2.45, 2.75) is 32.2 Å². The zero-order chi connectivity index (χ0) is 23.1. The predicted molar refractivity (Wildman–Crippen MR) is 128 cm³/mol. The number of fused-ring (bicyclic) bond motifs is 1. The van der Waals surface area contributed by atoms with E-state index in [1.807, 2.05) is 31.1 Å². The summed E-state index contributed by atoms with van der Waals surface area (Å²) in [4.78, 5) is 4.25. The second-order valence-electron chi connectivity index (χ2n) is 9.18. The Kier molecular flexibility index (Phi) is 5.70. The summed E-state index contributed by atoms with van der Waals surface area (Å²) >= 11 is 0. The van der Waals surface area contributed by atoms with Crippen LogP contribution in [0, 0.1) is 11.2 Å². The SMILES string of the molecule is C=C(C)N1CCC(NC2CCOC2)=C(C(=N)N2CCc3cc(F)c(-c4cnn(C)c4)cc32)C1. The van der Waals surface area contributed by atoms with E-state index in [1.54, 1.807) is 16.9 Å². The molecule has 4 heterocycles. The molecule has 3 aliphatic heterocycles. The number of hydrogen-bond donors (Lipinski definition) is 2. The molecule has 8 heteroatoms. The molecular formula is C25H31FN6O. The van der Waals surface area contributed by atoms with E-state index in [4.69, 9.17) is 4.74 Å². The van der Waals surface area contributed by atoms with Gasteiger partial charge in [-0.3, -0.25) is 10.1 Å². The topological polar surface area (TPSA) is 69.4 Å². The van der Waals surface area contributed by atoms with Crippen molar-refractivity contribution in [3.05, 3.63) is 59.5 Å². The maximum absolute atomic E-state index is 14.9. The molecule has 1 aromatic carbocycles. The molecule has 5 rings (SSSR count). The second-order valence-corrected chi connectivity index (χ2v) is 9.18. The summed E-state index contributed by atoms with van der Waals surface area (Å²) in [6.45, 7) is 9.81. The molecule has 3 aliphatic rings. The van der Waals surface area contributed by atoms with Gasteiger partial charge in [-0.2, -0.15) is 5.10 Å². The molecule has 0 spiro atoms. The quantitative estimate of drug-likeness (QED) is 0.540. The highest BCUT2D eigenvalue weighted by atomic mass is 19.1. The van der Waals surface area contributed by atoms with E-state index in [0.29, 0.717) is 31.1 Å². The highest BCUT2D eigenvalue weighted by Crippen LogP contribution is 2.36. The first kappa shape index (κ1) is 21.7. The van der Waals surface area contributed by atoms with Crippen molar-refractivity contribution in [1.82, 2.24) is 20.0 Å². The molecule has 2 aromatic rings. The lowest BCUT2D eigenvalue weighted by atomic mass is 10.0. The summed E-state index contributed by atoms with van der Waals surface area (Å²) in [6.07, 6.45) is 6.03. The molecule has 0 bridgehead atoms. The van der Waals surface area contributed by atoms with E-state index in [-0.39, 0.29) is 11.9 Å². The van der Waals surface area contributed by atoms with Crippen molar-refractivity contribution in [3.63, 3.8) is 0 Å². The van der Waals surface area contributed by atoms with Gasteiger partial charge in [0, 0.05) is 79.7 Å². The Morgan fingerprint density at radius 3 is 2.85 bits per heavy atom. The largest absolute Gasteiger partial charge is 0.383 e. The van der Waals surface area contributed by atoms with Gasteiger partial charge < -0.3 is 19.9 Å². The lowest BCUT2D eigenvalue weighted by Crippen LogP contribution is -2.43. The van der Waals surface area contributed by atoms with Crippen LogP contribution in [0.3, 0.4) is 0 Å². The van der Waals surface area contributed by atoms with Gasteiger partial charge in [0.15, 0.2) is 0 Å². The molecule has 7 nitrogen and oxygen atoms in total. The van der Waals surface area contributed by atoms with Crippen molar-refractivity contribution in [2.75, 3.05) is 37.7 Å². The van der Waals surface area contributed by atoms with E-state index in [9.17, 15) is 9.80 Å². The third-order valence-electron chi connectivity index (χ3n) is 6.83. The van der Waals surface area contributed by atoms with Crippen LogP contribution < -0.4 is 10.2 Å². The average molecular weight is 451 g/mol. The first-order chi connectivity index (χ1) is 15.9. The number of nitrogens with one attached hydrogen (secondary N) is 2. The van der Waals surface area contributed by atoms with Gasteiger partial charge in [-0.1, -0.05) is 6.58 Å². The van der Waals surface area contributed by atoms with Crippen molar-refractivity contribution < 1.29 is 9.13 Å². The Balaban J connectivity index is 1.49. The summed E-state index contributed by atoms with van der Waals surface area (Å²) in [5.74, 6) is 0.230. The van der Waals surface area contributed by atoms with E-state index >= 15 is 0 Å². The zero-order valence-corrected chi connectivity index (χ0v) is 19.3. The summed E-state index contributed by atoms with van der Waals surface area (Å²) in [6, 6.07) is 3.78. The van der Waals surface area contributed by atoms with Gasteiger partial charge in [0.05, 0.1) is 18.8 Å². The van der Waals surface area contributed by atoms with Crippen LogP contribution in [-0.2, 0) is 18.2 Å². The zero-order valence-electron chi connectivity index (χ0n) is 19.3. The molecule has 1 saturated heterocycles. The Labute approximate surface area is 194 Å². The first-order valence-electron chi connectivity index (χ1n) is 11.6. The monoisotopic (exact) mass is 450 g/mol. The van der Waals surface area contributed by atoms with Crippen molar-refractivity contribution in [2.24, 2.45) is 7.05 Å². The second kappa shape index (κ2) is 8.67. The molecule has 174 valence electrons. The van der Waals surface area contributed by atoms with E-state index < -0.39 is 0 Å². The number of benzene rings is 1. The van der Waals surface area contributed by atoms with Gasteiger partial charge in [0.1, 0.15) is 11.7 Å². The maximum Gasteiger partial charge on any atom is 0.132 e. The van der Waals surface area contributed by atoms with Crippen LogP contribution in [-0.4, -0.2) is 59.4 Å². The number of allylic oxidation sites excluding steroid dienone is 1. The van der Waals surface area contributed by atoms with E-state index in [2.05, 4.69) is 21.9 Å². The number of amidine groups is 1. The maximum atomic E-state index is 14.9. The van der Waals surface area contributed by atoms with E-state index in [1.165, 1.54) is 0 Å². The average Bonchev–Trinajstić information content (AvgIpc) is 3.54. The van der Waals surface area contributed by atoms with Gasteiger partial charge in [-0.15, -0.1) is 0 Å². The van der Waals surface area contributed by atoms with Crippen LogP contribution >= 0.6 is 0 Å². The summed E-state index contributed by atoms with van der Waals surface area (Å²) in [7, 11) is 1.82. The summed E-state index contributed by atoms with van der Waals surface area (Å²) in [5, 5.41) is 17.1. The van der Waals surface area contributed by atoms with Crippen LogP contribution in [0.25, 0.3) is 11.1 Å². The van der Waals surface area contributed by atoms with Crippen LogP contribution in [0.2, 0.25) is 0 Å². The smallest absolute Gasteiger partial charge is 0.132 e. The van der Waals surface area contributed by atoms with Gasteiger partial charge in [-0.25, -0.2) is 4.39 Å².